The van der Waals surface area contributed by atoms with Crippen molar-refractivity contribution >= 4 is 20.8 Å². The minimum atomic E-state index is -2.29. The first kappa shape index (κ1) is 15.7. The Kier molecular flexibility index (Phi) is 30.8. The molecule has 0 aromatic rings. The standard InChI is InChI=1S/C3H8.H3N.H2O2S2/c1-3-2;;1-4(2)3/h3H2,1-2H3;1H3;4H,(H,1,2,3). The largest absolute Gasteiger partial charge is 0.344 e. The van der Waals surface area contributed by atoms with E-state index in [2.05, 4.69) is 25.0 Å². The van der Waals surface area contributed by atoms with Crippen LogP contribution in [0.4, 0.5) is 0 Å². The molecule has 0 aromatic carbocycles. The average molecular weight is 159 g/mol. The third-order valence-electron chi connectivity index (χ3n) is 0. The fourth-order valence-corrected chi connectivity index (χ4v) is 0. The Bertz CT molecular complexity index is 73.4. The van der Waals surface area contributed by atoms with E-state index in [0.717, 1.165) is 0 Å². The first-order chi connectivity index (χ1) is 3.15. The topological polar surface area (TPSA) is 72.3 Å². The Hall–Kier alpha value is 0.290. The molecule has 4 N–H and O–H groups in total. The summed E-state index contributed by atoms with van der Waals surface area (Å²) in [5.41, 5.74) is 0. The molecule has 3 nitrogen and oxygen atoms in total. The van der Waals surface area contributed by atoms with Crippen LogP contribution in [0.2, 0.25) is 0 Å². The van der Waals surface area contributed by atoms with Gasteiger partial charge in [0.05, 0.1) is 0 Å². The highest BCUT2D eigenvalue weighted by molar-refractivity contribution is 8.18. The Morgan fingerprint density at radius 2 is 1.62 bits per heavy atom. The van der Waals surface area contributed by atoms with Gasteiger partial charge in [-0.05, 0) is 0 Å². The van der Waals surface area contributed by atoms with Crippen molar-refractivity contribution in [2.75, 3.05) is 0 Å². The molecule has 0 spiro atoms. The van der Waals surface area contributed by atoms with Crippen molar-refractivity contribution in [3.8, 4) is 0 Å². The summed E-state index contributed by atoms with van der Waals surface area (Å²) < 4.78 is 16.3. The lowest BCUT2D eigenvalue weighted by molar-refractivity contribution is 0.583. The molecule has 0 aliphatic carbocycles. The zero-order valence-electron chi connectivity index (χ0n) is 5.13. The maximum Gasteiger partial charge on any atom is 0.130 e. The van der Waals surface area contributed by atoms with E-state index in [1.54, 1.807) is 0 Å². The fraction of sp³-hybridized carbons (Fsp3) is 1.00. The van der Waals surface area contributed by atoms with Gasteiger partial charge in [-0.1, -0.05) is 20.3 Å². The van der Waals surface area contributed by atoms with Gasteiger partial charge in [0.2, 0.25) is 0 Å². The molecule has 0 aliphatic heterocycles. The third kappa shape index (κ3) is 2090. The van der Waals surface area contributed by atoms with Crippen molar-refractivity contribution in [2.24, 2.45) is 0 Å². The van der Waals surface area contributed by atoms with Crippen LogP contribution >= 0.6 is 0 Å². The number of hydrogen-bond acceptors (Lipinski definition) is 3. The van der Waals surface area contributed by atoms with Crippen LogP contribution in [0.1, 0.15) is 20.3 Å². The molecule has 0 heterocycles. The zero-order valence-corrected chi connectivity index (χ0v) is 6.84. The van der Waals surface area contributed by atoms with Crippen LogP contribution < -0.4 is 6.15 Å². The van der Waals surface area contributed by atoms with Crippen LogP contribution in [0.25, 0.3) is 0 Å². The maximum absolute atomic E-state index is 8.96. The molecule has 0 bridgehead atoms. The predicted octanol–water partition coefficient (Wildman–Crippen LogP) is 0.981. The van der Waals surface area contributed by atoms with E-state index in [9.17, 15) is 0 Å². The molecule has 0 saturated carbocycles. The van der Waals surface area contributed by atoms with Crippen LogP contribution in [-0.2, 0) is 20.8 Å². The van der Waals surface area contributed by atoms with E-state index in [4.69, 9.17) is 8.76 Å². The van der Waals surface area contributed by atoms with Gasteiger partial charge in [-0.25, -0.2) is 4.21 Å². The Morgan fingerprint density at radius 3 is 1.62 bits per heavy atom. The van der Waals surface area contributed by atoms with Gasteiger partial charge in [0.15, 0.2) is 0 Å². The summed E-state index contributed by atoms with van der Waals surface area (Å²) in [6.45, 7) is 4.25. The molecule has 1 atom stereocenters. The molecular formula is C3H13NO2S2. The fourth-order valence-electron chi connectivity index (χ4n) is 0. The Labute approximate surface area is 56.6 Å². The summed E-state index contributed by atoms with van der Waals surface area (Å²) in [7, 11) is -2.29. The van der Waals surface area contributed by atoms with Gasteiger partial charge in [-0.2, -0.15) is 0 Å². The van der Waals surface area contributed by atoms with E-state index in [1.165, 1.54) is 6.42 Å². The molecule has 8 heavy (non-hydrogen) atoms. The van der Waals surface area contributed by atoms with E-state index in [0.29, 0.717) is 0 Å². The lowest BCUT2D eigenvalue weighted by atomic mass is 10.6. The van der Waals surface area contributed by atoms with Crippen molar-refractivity contribution in [2.45, 2.75) is 20.3 Å². The second kappa shape index (κ2) is 15.7. The van der Waals surface area contributed by atoms with E-state index in [-0.39, 0.29) is 6.15 Å². The maximum atomic E-state index is 8.96. The summed E-state index contributed by atoms with van der Waals surface area (Å²) in [4.78, 5) is 0. The quantitative estimate of drug-likeness (QED) is 0.461. The molecule has 5 heteroatoms. The Balaban J connectivity index is -0.0000000575. The van der Waals surface area contributed by atoms with Gasteiger partial charge in [0, 0.05) is 11.2 Å². The van der Waals surface area contributed by atoms with Crippen molar-refractivity contribution in [3.05, 3.63) is 0 Å². The van der Waals surface area contributed by atoms with Crippen molar-refractivity contribution in [1.82, 2.24) is 6.15 Å². The highest BCUT2D eigenvalue weighted by Gasteiger charge is 1.39. The second-order valence-electron chi connectivity index (χ2n) is 0.945. The summed E-state index contributed by atoms with van der Waals surface area (Å²) in [5, 5.41) is 0. The minimum Gasteiger partial charge on any atom is -0.344 e. The van der Waals surface area contributed by atoms with E-state index in [1.807, 2.05) is 0 Å². The zero-order chi connectivity index (χ0) is 6.28. The smallest absolute Gasteiger partial charge is 0.130 e. The molecule has 0 amide bonds. The molecular weight excluding hydrogens is 146 g/mol. The van der Waals surface area contributed by atoms with Crippen LogP contribution in [0.3, 0.4) is 0 Å². The summed E-state index contributed by atoms with van der Waals surface area (Å²) in [6.07, 6.45) is 1.25. The first-order valence-electron chi connectivity index (χ1n) is 1.98. The lowest BCUT2D eigenvalue weighted by Crippen LogP contribution is -1.54. The average Bonchev–Trinajstić information content (AvgIpc) is 1.33. The SMILES string of the molecule is CCC.N.O=[SH](O)=S. The monoisotopic (exact) mass is 159 g/mol. The van der Waals surface area contributed by atoms with Gasteiger partial charge >= 0.3 is 0 Å². The number of rotatable bonds is 0. The van der Waals surface area contributed by atoms with E-state index < -0.39 is 9.64 Å². The molecule has 0 aliphatic rings. The number of thiol groups is 1. The minimum absolute atomic E-state index is 0. The van der Waals surface area contributed by atoms with Gasteiger partial charge in [-0.15, -0.1) is 0 Å². The van der Waals surface area contributed by atoms with Crippen molar-refractivity contribution < 1.29 is 8.76 Å². The normalized spacial score (nSPS) is 9.88. The summed E-state index contributed by atoms with van der Waals surface area (Å²) in [6, 6.07) is 0. The molecule has 0 aromatic heterocycles. The van der Waals surface area contributed by atoms with Crippen molar-refractivity contribution in [1.29, 1.82) is 0 Å². The van der Waals surface area contributed by atoms with Gasteiger partial charge in [0.25, 0.3) is 0 Å². The third-order valence-corrected chi connectivity index (χ3v) is 0. The van der Waals surface area contributed by atoms with Crippen LogP contribution in [-0.4, -0.2) is 8.76 Å². The molecule has 0 saturated heterocycles. The van der Waals surface area contributed by atoms with Crippen LogP contribution in [0.15, 0.2) is 0 Å². The lowest BCUT2D eigenvalue weighted by Gasteiger charge is -1.48. The van der Waals surface area contributed by atoms with E-state index >= 15 is 0 Å². The van der Waals surface area contributed by atoms with Crippen molar-refractivity contribution in [3.63, 3.8) is 0 Å². The molecule has 1 unspecified atom stereocenters. The predicted molar refractivity (Wildman–Crippen MR) is 40.5 cm³/mol. The highest BCUT2D eigenvalue weighted by atomic mass is 32.8. The molecule has 0 radical (unpaired) electrons. The molecule has 0 fully saturated rings. The summed E-state index contributed by atoms with van der Waals surface area (Å²) >= 11 is 3.69. The number of hydrogen-bond donors (Lipinski definition) is 3. The van der Waals surface area contributed by atoms with Crippen LogP contribution in [0, 0.1) is 0 Å². The molecule has 54 valence electrons. The van der Waals surface area contributed by atoms with Crippen LogP contribution in [0.5, 0.6) is 0 Å². The van der Waals surface area contributed by atoms with Gasteiger partial charge in [0.1, 0.15) is 9.64 Å². The first-order valence-corrected chi connectivity index (χ1v) is 4.21. The summed E-state index contributed by atoms with van der Waals surface area (Å²) in [5.74, 6) is 0. The second-order valence-corrected chi connectivity index (χ2v) is 2.36. The molecule has 0 rings (SSSR count). The highest BCUT2D eigenvalue weighted by Crippen LogP contribution is 1.56. The Morgan fingerprint density at radius 1 is 1.62 bits per heavy atom. The van der Waals surface area contributed by atoms with Gasteiger partial charge in [-0.3, -0.25) is 0 Å². The van der Waals surface area contributed by atoms with Gasteiger partial charge < -0.3 is 10.7 Å².